The Kier molecular flexibility index (Phi) is 6.43. The van der Waals surface area contributed by atoms with Gasteiger partial charge in [-0.2, -0.15) is 0 Å². The fourth-order valence-electron chi connectivity index (χ4n) is 5.74. The highest BCUT2D eigenvalue weighted by atomic mass is 28.3. The number of aromatic hydroxyl groups is 1. The molecule has 1 atom stereocenters. The van der Waals surface area contributed by atoms with Crippen LogP contribution in [0.15, 0.2) is 24.3 Å². The van der Waals surface area contributed by atoms with Crippen LogP contribution in [0.3, 0.4) is 0 Å². The smallest absolute Gasteiger partial charge is 0.410 e. The zero-order valence-electron chi connectivity index (χ0n) is 17.8. The lowest BCUT2D eigenvalue weighted by molar-refractivity contribution is 0.209. The van der Waals surface area contributed by atoms with Crippen LogP contribution in [0.1, 0.15) is 59.6 Å². The van der Waals surface area contributed by atoms with Crippen molar-refractivity contribution in [3.63, 3.8) is 0 Å². The molecular weight excluding hydrogens is 373 g/mol. The summed E-state index contributed by atoms with van der Waals surface area (Å²) in [6.45, 7) is 15.9. The molecule has 0 fully saturated rings. The van der Waals surface area contributed by atoms with E-state index in [-0.39, 0.29) is 22.4 Å². The topological polar surface area (TPSA) is 72.5 Å². The number of hydrogen-bond acceptors (Lipinski definition) is 3. The Morgan fingerprint density at radius 1 is 1.07 bits per heavy atom. The normalized spacial score (nSPS) is 13.5. The molecule has 0 aliphatic carbocycles. The third kappa shape index (κ3) is 3.50. The molecule has 0 aliphatic rings. The van der Waals surface area contributed by atoms with Gasteiger partial charge in [0.05, 0.1) is 8.07 Å². The van der Waals surface area contributed by atoms with Crippen LogP contribution in [0.4, 0.5) is 9.18 Å². The van der Waals surface area contributed by atoms with Crippen LogP contribution in [0.5, 0.6) is 11.5 Å². The molecular formula is C22H32FNO3Si. The third-order valence-corrected chi connectivity index (χ3v) is 14.3. The molecule has 2 rings (SSSR count). The Balaban J connectivity index is 2.80. The van der Waals surface area contributed by atoms with Gasteiger partial charge >= 0.3 is 6.09 Å². The maximum Gasteiger partial charge on any atom is 0.410 e. The number of rotatable bonds is 6. The lowest BCUT2D eigenvalue weighted by atomic mass is 10.0. The average Bonchev–Trinajstić information content (AvgIpc) is 2.57. The molecule has 0 aromatic heterocycles. The summed E-state index contributed by atoms with van der Waals surface area (Å²) in [5.41, 5.74) is 7.71. The summed E-state index contributed by atoms with van der Waals surface area (Å²) in [5, 5.41) is 11.4. The van der Waals surface area contributed by atoms with Crippen molar-refractivity contribution in [1.82, 2.24) is 0 Å². The van der Waals surface area contributed by atoms with Gasteiger partial charge in [-0.15, -0.1) is 0 Å². The lowest BCUT2D eigenvalue weighted by Gasteiger charge is -2.48. The molecule has 1 amide bonds. The maximum atomic E-state index is 15.0. The number of nitrogens with two attached hydrogens (primary N) is 1. The van der Waals surface area contributed by atoms with Crippen molar-refractivity contribution in [3.8, 4) is 11.5 Å². The molecule has 2 aromatic rings. The SMILES string of the molecule is CC(C)[Si](C(C)C)(C(C)C)C(C)c1cccc2c(F)c(OC(N)=O)cc(O)c12. The molecule has 0 radical (unpaired) electrons. The zero-order chi connectivity index (χ0) is 21.4. The van der Waals surface area contributed by atoms with Gasteiger partial charge < -0.3 is 15.6 Å². The quantitative estimate of drug-likeness (QED) is 0.541. The number of carbonyl (C=O) groups is 1. The Morgan fingerprint density at radius 2 is 1.61 bits per heavy atom. The molecule has 28 heavy (non-hydrogen) atoms. The van der Waals surface area contributed by atoms with Gasteiger partial charge in [0.1, 0.15) is 5.75 Å². The van der Waals surface area contributed by atoms with Crippen molar-refractivity contribution in [2.75, 3.05) is 0 Å². The van der Waals surface area contributed by atoms with Gasteiger partial charge in [0, 0.05) is 16.8 Å². The van der Waals surface area contributed by atoms with Crippen molar-refractivity contribution in [2.24, 2.45) is 5.73 Å². The number of benzene rings is 2. The van der Waals surface area contributed by atoms with Crippen molar-refractivity contribution >= 4 is 24.9 Å². The van der Waals surface area contributed by atoms with Gasteiger partial charge in [-0.3, -0.25) is 0 Å². The first-order valence-electron chi connectivity index (χ1n) is 9.87. The number of carbonyl (C=O) groups excluding carboxylic acids is 1. The highest BCUT2D eigenvalue weighted by molar-refractivity contribution is 6.84. The number of phenolic OH excluding ortho intramolecular Hbond substituents is 1. The second-order valence-electron chi connectivity index (χ2n) is 8.58. The van der Waals surface area contributed by atoms with Gasteiger partial charge in [0.2, 0.25) is 0 Å². The zero-order valence-corrected chi connectivity index (χ0v) is 18.8. The Bertz CT molecular complexity index is 858. The molecule has 2 aromatic carbocycles. The van der Waals surface area contributed by atoms with E-state index < -0.39 is 20.0 Å². The molecule has 0 heterocycles. The summed E-state index contributed by atoms with van der Waals surface area (Å²) < 4.78 is 19.7. The highest BCUT2D eigenvalue weighted by Gasteiger charge is 2.47. The minimum Gasteiger partial charge on any atom is -0.507 e. The van der Waals surface area contributed by atoms with Crippen LogP contribution in [0.2, 0.25) is 16.6 Å². The van der Waals surface area contributed by atoms with Crippen LogP contribution >= 0.6 is 0 Å². The number of hydrogen-bond donors (Lipinski definition) is 2. The van der Waals surface area contributed by atoms with Crippen molar-refractivity contribution in [2.45, 2.75) is 70.6 Å². The van der Waals surface area contributed by atoms with Crippen molar-refractivity contribution < 1.29 is 19.0 Å². The minimum atomic E-state index is -1.91. The highest BCUT2D eigenvalue weighted by Crippen LogP contribution is 2.52. The first kappa shape index (κ1) is 22.2. The summed E-state index contributed by atoms with van der Waals surface area (Å²) in [6.07, 6.45) is -1.12. The molecule has 4 nitrogen and oxygen atoms in total. The molecule has 0 saturated carbocycles. The summed E-state index contributed by atoms with van der Waals surface area (Å²) >= 11 is 0. The summed E-state index contributed by atoms with van der Waals surface area (Å²) in [7, 11) is -1.91. The van der Waals surface area contributed by atoms with E-state index >= 15 is 0 Å². The maximum absolute atomic E-state index is 15.0. The van der Waals surface area contributed by atoms with Gasteiger partial charge in [-0.25, -0.2) is 9.18 Å². The monoisotopic (exact) mass is 405 g/mol. The van der Waals surface area contributed by atoms with E-state index in [0.717, 1.165) is 11.6 Å². The van der Waals surface area contributed by atoms with Gasteiger partial charge in [-0.05, 0) is 11.1 Å². The van der Waals surface area contributed by atoms with E-state index in [2.05, 4.69) is 48.5 Å². The molecule has 6 heteroatoms. The van der Waals surface area contributed by atoms with Crippen LogP contribution in [0.25, 0.3) is 10.8 Å². The Hall–Kier alpha value is -2.08. The van der Waals surface area contributed by atoms with E-state index in [4.69, 9.17) is 10.5 Å². The number of ether oxygens (including phenoxy) is 1. The largest absolute Gasteiger partial charge is 0.507 e. The standard InChI is InChI=1S/C22H32FNO3Si/c1-12(2)28(13(3)4,14(5)6)15(7)16-9-8-10-17-20(16)18(25)11-19(21(17)23)27-22(24)26/h8-15,25H,1-7H3,(H2,24,26). The van der Waals surface area contributed by atoms with Crippen LogP contribution in [0, 0.1) is 5.82 Å². The Morgan fingerprint density at radius 3 is 2.07 bits per heavy atom. The Labute approximate surface area is 167 Å². The number of fused-ring (bicyclic) bond motifs is 1. The fourth-order valence-corrected chi connectivity index (χ4v) is 13.5. The van der Waals surface area contributed by atoms with Crippen LogP contribution in [-0.4, -0.2) is 19.3 Å². The second kappa shape index (κ2) is 8.11. The van der Waals surface area contributed by atoms with Crippen molar-refractivity contribution in [1.29, 1.82) is 0 Å². The lowest BCUT2D eigenvalue weighted by Crippen LogP contribution is -2.49. The van der Waals surface area contributed by atoms with Gasteiger partial charge in [0.25, 0.3) is 0 Å². The third-order valence-electron chi connectivity index (χ3n) is 6.50. The minimum absolute atomic E-state index is 0.103. The molecule has 0 spiro atoms. The molecule has 154 valence electrons. The summed E-state index contributed by atoms with van der Waals surface area (Å²) in [5.74, 6) is -1.15. The first-order valence-corrected chi connectivity index (χ1v) is 12.2. The van der Waals surface area contributed by atoms with Gasteiger partial charge in [0.15, 0.2) is 11.6 Å². The molecule has 0 bridgehead atoms. The predicted molar refractivity (Wildman–Crippen MR) is 115 cm³/mol. The number of amides is 1. The first-order chi connectivity index (χ1) is 13.0. The summed E-state index contributed by atoms with van der Waals surface area (Å²) in [4.78, 5) is 11.1. The van der Waals surface area contributed by atoms with E-state index in [1.54, 1.807) is 12.1 Å². The number of halogens is 1. The predicted octanol–water partition coefficient (Wildman–Crippen LogP) is 6.46. The molecule has 0 aliphatic heterocycles. The molecule has 1 unspecified atom stereocenters. The molecule has 0 saturated heterocycles. The summed E-state index contributed by atoms with van der Waals surface area (Å²) in [6, 6.07) is 6.51. The number of primary amides is 1. The fraction of sp³-hybridized carbons (Fsp3) is 0.500. The van der Waals surface area contributed by atoms with E-state index in [1.807, 2.05) is 6.07 Å². The second-order valence-corrected chi connectivity index (χ2v) is 14.9. The number of phenols is 1. The van der Waals surface area contributed by atoms with Gasteiger partial charge in [-0.1, -0.05) is 83.3 Å². The van der Waals surface area contributed by atoms with E-state index in [1.165, 1.54) is 0 Å². The average molecular weight is 406 g/mol. The molecule has 3 N–H and O–H groups in total. The van der Waals surface area contributed by atoms with Crippen LogP contribution < -0.4 is 10.5 Å². The van der Waals surface area contributed by atoms with E-state index in [9.17, 15) is 14.3 Å². The van der Waals surface area contributed by atoms with E-state index in [0.29, 0.717) is 22.0 Å². The van der Waals surface area contributed by atoms with Crippen LogP contribution in [-0.2, 0) is 0 Å². The van der Waals surface area contributed by atoms with Crippen molar-refractivity contribution in [3.05, 3.63) is 35.6 Å².